The Morgan fingerprint density at radius 1 is 1.11 bits per heavy atom. The molecule has 1 saturated carbocycles. The predicted molar refractivity (Wildman–Crippen MR) is 77.7 cm³/mol. The molecule has 0 amide bonds. The first-order valence-corrected chi connectivity index (χ1v) is 7.71. The summed E-state index contributed by atoms with van der Waals surface area (Å²) in [7, 11) is 3.44. The summed E-state index contributed by atoms with van der Waals surface area (Å²) in [6.07, 6.45) is 6.95. The molecule has 0 bridgehead atoms. The normalized spacial score (nSPS) is 16.6. The summed E-state index contributed by atoms with van der Waals surface area (Å²) >= 11 is 2.06. The number of thioether (sulfide) groups is 1. The van der Waals surface area contributed by atoms with E-state index in [0.29, 0.717) is 0 Å². The zero-order chi connectivity index (χ0) is 12.8. The first-order chi connectivity index (χ1) is 8.83. The molecule has 18 heavy (non-hydrogen) atoms. The van der Waals surface area contributed by atoms with Gasteiger partial charge >= 0.3 is 0 Å². The molecule has 0 spiro atoms. The molecule has 1 fully saturated rings. The molecule has 1 aliphatic rings. The zero-order valence-electron chi connectivity index (χ0n) is 11.3. The summed E-state index contributed by atoms with van der Waals surface area (Å²) < 4.78 is 10.7. The molecule has 1 aliphatic carbocycles. The fourth-order valence-electron chi connectivity index (χ4n) is 2.43. The third-order valence-electron chi connectivity index (χ3n) is 3.51. The van der Waals surface area contributed by atoms with Crippen LogP contribution in [-0.4, -0.2) is 19.5 Å². The molecule has 0 saturated heterocycles. The second-order valence-corrected chi connectivity index (χ2v) is 6.04. The van der Waals surface area contributed by atoms with E-state index < -0.39 is 0 Å². The molecule has 0 N–H and O–H groups in total. The van der Waals surface area contributed by atoms with Crippen LogP contribution in [0.15, 0.2) is 18.2 Å². The van der Waals surface area contributed by atoms with E-state index >= 15 is 0 Å². The molecule has 2 nitrogen and oxygen atoms in total. The molecular formula is C15H22O2S. The minimum Gasteiger partial charge on any atom is -0.497 e. The van der Waals surface area contributed by atoms with E-state index in [2.05, 4.69) is 17.8 Å². The van der Waals surface area contributed by atoms with Gasteiger partial charge in [0.15, 0.2) is 0 Å². The van der Waals surface area contributed by atoms with Gasteiger partial charge in [0, 0.05) is 16.6 Å². The van der Waals surface area contributed by atoms with E-state index in [1.165, 1.54) is 37.7 Å². The van der Waals surface area contributed by atoms with Gasteiger partial charge in [-0.3, -0.25) is 0 Å². The van der Waals surface area contributed by atoms with Crippen molar-refractivity contribution in [3.63, 3.8) is 0 Å². The van der Waals surface area contributed by atoms with E-state index in [1.54, 1.807) is 14.2 Å². The Labute approximate surface area is 114 Å². The standard InChI is InChI=1S/C15H22O2S/c1-16-13-8-9-15(17-2)12(10-13)11-18-14-6-4-3-5-7-14/h8-10,14H,3-7,11H2,1-2H3. The van der Waals surface area contributed by atoms with Gasteiger partial charge in [0.2, 0.25) is 0 Å². The molecule has 100 valence electrons. The molecule has 1 aromatic carbocycles. The molecule has 0 atom stereocenters. The fourth-order valence-corrected chi connectivity index (χ4v) is 3.74. The number of methoxy groups -OCH3 is 2. The largest absolute Gasteiger partial charge is 0.497 e. The van der Waals surface area contributed by atoms with Crippen LogP contribution >= 0.6 is 11.8 Å². The van der Waals surface area contributed by atoms with Crippen LogP contribution in [0.4, 0.5) is 0 Å². The van der Waals surface area contributed by atoms with Gasteiger partial charge in [0.25, 0.3) is 0 Å². The van der Waals surface area contributed by atoms with E-state index in [9.17, 15) is 0 Å². The van der Waals surface area contributed by atoms with Crippen LogP contribution in [0.1, 0.15) is 37.7 Å². The summed E-state index contributed by atoms with van der Waals surface area (Å²) in [5, 5.41) is 0.828. The average Bonchev–Trinajstić information content (AvgIpc) is 2.45. The van der Waals surface area contributed by atoms with Crippen molar-refractivity contribution in [3.8, 4) is 11.5 Å². The second kappa shape index (κ2) is 6.93. The molecular weight excluding hydrogens is 244 g/mol. The first-order valence-electron chi connectivity index (χ1n) is 6.66. The number of rotatable bonds is 5. The van der Waals surface area contributed by atoms with Crippen LogP contribution in [0, 0.1) is 0 Å². The van der Waals surface area contributed by atoms with Crippen molar-refractivity contribution in [2.75, 3.05) is 14.2 Å². The van der Waals surface area contributed by atoms with E-state index in [-0.39, 0.29) is 0 Å². The van der Waals surface area contributed by atoms with Crippen LogP contribution in [0.25, 0.3) is 0 Å². The molecule has 2 rings (SSSR count). The zero-order valence-corrected chi connectivity index (χ0v) is 12.1. The van der Waals surface area contributed by atoms with Gasteiger partial charge in [0.1, 0.15) is 11.5 Å². The van der Waals surface area contributed by atoms with Gasteiger partial charge in [0.05, 0.1) is 14.2 Å². The summed E-state index contributed by atoms with van der Waals surface area (Å²) in [5.74, 6) is 2.90. The number of ether oxygens (including phenoxy) is 2. The maximum absolute atomic E-state index is 5.42. The minimum atomic E-state index is 0.828. The van der Waals surface area contributed by atoms with Gasteiger partial charge in [-0.05, 0) is 31.0 Å². The van der Waals surface area contributed by atoms with Crippen molar-refractivity contribution >= 4 is 11.8 Å². The van der Waals surface area contributed by atoms with Crippen molar-refractivity contribution in [1.29, 1.82) is 0 Å². The van der Waals surface area contributed by atoms with Crippen molar-refractivity contribution in [1.82, 2.24) is 0 Å². The highest BCUT2D eigenvalue weighted by Gasteiger charge is 2.15. The van der Waals surface area contributed by atoms with Gasteiger partial charge in [-0.25, -0.2) is 0 Å². The number of benzene rings is 1. The molecule has 0 radical (unpaired) electrons. The van der Waals surface area contributed by atoms with Gasteiger partial charge in [-0.15, -0.1) is 0 Å². The molecule has 0 unspecified atom stereocenters. The molecule has 1 aromatic rings. The quantitative estimate of drug-likeness (QED) is 0.793. The Kier molecular flexibility index (Phi) is 5.24. The fraction of sp³-hybridized carbons (Fsp3) is 0.600. The lowest BCUT2D eigenvalue weighted by Crippen LogP contribution is -2.08. The van der Waals surface area contributed by atoms with E-state index in [4.69, 9.17) is 9.47 Å². The lowest BCUT2D eigenvalue weighted by atomic mass is 10.0. The maximum atomic E-state index is 5.42. The lowest BCUT2D eigenvalue weighted by Gasteiger charge is -2.21. The Hall–Kier alpha value is -0.830. The third kappa shape index (κ3) is 3.58. The van der Waals surface area contributed by atoms with Crippen molar-refractivity contribution in [2.24, 2.45) is 0 Å². The number of hydrogen-bond acceptors (Lipinski definition) is 3. The minimum absolute atomic E-state index is 0.828. The van der Waals surface area contributed by atoms with Gasteiger partial charge in [-0.1, -0.05) is 19.3 Å². The molecule has 0 aliphatic heterocycles. The van der Waals surface area contributed by atoms with Gasteiger partial charge < -0.3 is 9.47 Å². The van der Waals surface area contributed by atoms with E-state index in [1.807, 2.05) is 12.1 Å². The van der Waals surface area contributed by atoms with Crippen LogP contribution in [0.3, 0.4) is 0 Å². The van der Waals surface area contributed by atoms with Crippen molar-refractivity contribution in [3.05, 3.63) is 23.8 Å². The lowest BCUT2D eigenvalue weighted by molar-refractivity contribution is 0.400. The maximum Gasteiger partial charge on any atom is 0.123 e. The monoisotopic (exact) mass is 266 g/mol. The second-order valence-electron chi connectivity index (χ2n) is 4.75. The highest BCUT2D eigenvalue weighted by Crippen LogP contribution is 2.34. The summed E-state index contributed by atoms with van der Waals surface area (Å²) in [4.78, 5) is 0. The van der Waals surface area contributed by atoms with E-state index in [0.717, 1.165) is 22.5 Å². The van der Waals surface area contributed by atoms with Crippen LogP contribution in [0.2, 0.25) is 0 Å². The molecule has 3 heteroatoms. The smallest absolute Gasteiger partial charge is 0.123 e. The predicted octanol–water partition coefficient (Wildman–Crippen LogP) is 4.27. The highest BCUT2D eigenvalue weighted by atomic mass is 32.2. The topological polar surface area (TPSA) is 18.5 Å². The van der Waals surface area contributed by atoms with Crippen molar-refractivity contribution < 1.29 is 9.47 Å². The van der Waals surface area contributed by atoms with Gasteiger partial charge in [-0.2, -0.15) is 11.8 Å². The SMILES string of the molecule is COc1ccc(OC)c(CSC2CCCCC2)c1. The highest BCUT2D eigenvalue weighted by molar-refractivity contribution is 7.99. The molecule has 0 heterocycles. The van der Waals surface area contributed by atoms with Crippen molar-refractivity contribution in [2.45, 2.75) is 43.1 Å². The Morgan fingerprint density at radius 2 is 1.89 bits per heavy atom. The number of hydrogen-bond donors (Lipinski definition) is 0. The summed E-state index contributed by atoms with van der Waals surface area (Å²) in [5.41, 5.74) is 1.24. The third-order valence-corrected chi connectivity index (χ3v) is 4.93. The summed E-state index contributed by atoms with van der Waals surface area (Å²) in [6.45, 7) is 0. The Bertz CT molecular complexity index is 373. The molecule has 0 aromatic heterocycles. The van der Waals surface area contributed by atoms with Crippen LogP contribution in [-0.2, 0) is 5.75 Å². The first kappa shape index (κ1) is 13.6. The van der Waals surface area contributed by atoms with Crippen LogP contribution in [0.5, 0.6) is 11.5 Å². The Morgan fingerprint density at radius 3 is 2.56 bits per heavy atom. The average molecular weight is 266 g/mol. The van der Waals surface area contributed by atoms with Crippen LogP contribution < -0.4 is 9.47 Å². The summed E-state index contributed by atoms with van der Waals surface area (Å²) in [6, 6.07) is 6.04. The Balaban J connectivity index is 1.97.